The van der Waals surface area contributed by atoms with Gasteiger partial charge in [-0.25, -0.2) is 0 Å². The van der Waals surface area contributed by atoms with E-state index in [2.05, 4.69) is 20.2 Å². The quantitative estimate of drug-likeness (QED) is 0.573. The van der Waals surface area contributed by atoms with E-state index >= 15 is 0 Å². The average Bonchev–Trinajstić information content (AvgIpc) is 3.17. The van der Waals surface area contributed by atoms with Crippen molar-refractivity contribution in [3.63, 3.8) is 0 Å². The van der Waals surface area contributed by atoms with E-state index in [4.69, 9.17) is 4.42 Å². The molecular weight excluding hydrogens is 276 g/mol. The van der Waals surface area contributed by atoms with E-state index in [9.17, 15) is 4.79 Å². The van der Waals surface area contributed by atoms with Crippen molar-refractivity contribution in [2.24, 2.45) is 0 Å². The Morgan fingerprint density at radius 3 is 2.85 bits per heavy atom. The van der Waals surface area contributed by atoms with Crippen LogP contribution in [0.3, 0.4) is 0 Å². The van der Waals surface area contributed by atoms with Crippen LogP contribution in [0.4, 0.5) is 0 Å². The van der Waals surface area contributed by atoms with Crippen LogP contribution in [-0.2, 0) is 0 Å². The molecule has 3 rings (SSSR count). The maximum Gasteiger partial charge on any atom is 0.277 e. The molecule has 100 valence electrons. The smallest absolute Gasteiger partial charge is 0.277 e. The molecule has 0 aliphatic carbocycles. The van der Waals surface area contributed by atoms with Gasteiger partial charge in [0, 0.05) is 24.2 Å². The van der Waals surface area contributed by atoms with Crippen molar-refractivity contribution in [1.82, 2.24) is 20.2 Å². The van der Waals surface area contributed by atoms with Crippen LogP contribution < -0.4 is 0 Å². The van der Waals surface area contributed by atoms with E-state index in [-0.39, 0.29) is 11.5 Å². The van der Waals surface area contributed by atoms with Crippen LogP contribution in [0.1, 0.15) is 10.5 Å². The van der Waals surface area contributed by atoms with Gasteiger partial charge < -0.3 is 9.40 Å². The lowest BCUT2D eigenvalue weighted by Gasteiger charge is -1.95. The van der Waals surface area contributed by atoms with Crippen LogP contribution in [-0.4, -0.2) is 31.7 Å². The summed E-state index contributed by atoms with van der Waals surface area (Å²) >= 11 is 1.22. The Labute approximate surface area is 118 Å². The molecular formula is C13H10N4O2S. The largest absolute Gasteiger partial charge is 0.411 e. The number of carbonyl (C=O) groups excluding carboxylic acids is 1. The van der Waals surface area contributed by atoms with Gasteiger partial charge in [0.25, 0.3) is 5.22 Å². The number of ketones is 1. The van der Waals surface area contributed by atoms with Crippen molar-refractivity contribution in [3.8, 4) is 11.5 Å². The normalized spacial score (nSPS) is 10.6. The number of thioether (sulfide) groups is 1. The summed E-state index contributed by atoms with van der Waals surface area (Å²) in [6, 6.07) is 7.09. The fraction of sp³-hybridized carbons (Fsp3) is 0.0769. The van der Waals surface area contributed by atoms with Crippen LogP contribution in [0.5, 0.6) is 0 Å². The molecule has 3 aromatic rings. The summed E-state index contributed by atoms with van der Waals surface area (Å²) in [7, 11) is 0. The minimum absolute atomic E-state index is 0.0105. The first kappa shape index (κ1) is 12.6. The minimum atomic E-state index is -0.0105. The molecule has 3 heterocycles. The van der Waals surface area contributed by atoms with Gasteiger partial charge in [-0.2, -0.15) is 0 Å². The zero-order chi connectivity index (χ0) is 13.8. The zero-order valence-electron chi connectivity index (χ0n) is 10.3. The van der Waals surface area contributed by atoms with Crippen LogP contribution in [0.2, 0.25) is 0 Å². The van der Waals surface area contributed by atoms with Crippen molar-refractivity contribution in [2.75, 3.05) is 5.75 Å². The highest BCUT2D eigenvalue weighted by atomic mass is 32.2. The number of Topliss-reactive ketones (excluding diaryl/α,β-unsaturated/α-hetero) is 1. The van der Waals surface area contributed by atoms with Crippen molar-refractivity contribution >= 4 is 17.5 Å². The Morgan fingerprint density at radius 1 is 1.25 bits per heavy atom. The Balaban J connectivity index is 1.65. The van der Waals surface area contributed by atoms with Crippen LogP contribution in [0.15, 0.2) is 52.5 Å². The SMILES string of the molecule is O=C(CSc1nnc(-c2ccncc2)o1)c1ccc[nH]1. The first-order valence-corrected chi connectivity index (χ1v) is 6.85. The fourth-order valence-electron chi connectivity index (χ4n) is 1.59. The van der Waals surface area contributed by atoms with Gasteiger partial charge in [-0.15, -0.1) is 10.2 Å². The van der Waals surface area contributed by atoms with E-state index < -0.39 is 0 Å². The molecule has 0 aromatic carbocycles. The van der Waals surface area contributed by atoms with E-state index in [1.54, 1.807) is 42.9 Å². The molecule has 0 saturated carbocycles. The highest BCUT2D eigenvalue weighted by molar-refractivity contribution is 7.99. The molecule has 0 saturated heterocycles. The maximum absolute atomic E-state index is 11.8. The molecule has 0 aliphatic rings. The number of carbonyl (C=O) groups is 1. The van der Waals surface area contributed by atoms with Crippen LogP contribution in [0, 0.1) is 0 Å². The Bertz CT molecular complexity index is 694. The summed E-state index contributed by atoms with van der Waals surface area (Å²) in [4.78, 5) is 18.6. The van der Waals surface area contributed by atoms with Gasteiger partial charge in [0.05, 0.1) is 11.4 Å². The van der Waals surface area contributed by atoms with Crippen molar-refractivity contribution in [2.45, 2.75) is 5.22 Å². The minimum Gasteiger partial charge on any atom is -0.411 e. The number of nitrogens with zero attached hydrogens (tertiary/aromatic N) is 3. The molecule has 7 heteroatoms. The second-order valence-corrected chi connectivity index (χ2v) is 4.83. The molecule has 0 radical (unpaired) electrons. The van der Waals surface area contributed by atoms with Gasteiger partial charge in [-0.05, 0) is 24.3 Å². The molecule has 0 unspecified atom stereocenters. The Kier molecular flexibility index (Phi) is 3.60. The second-order valence-electron chi connectivity index (χ2n) is 3.90. The monoisotopic (exact) mass is 286 g/mol. The first-order chi connectivity index (χ1) is 9.83. The average molecular weight is 286 g/mol. The molecule has 0 atom stereocenters. The number of nitrogens with one attached hydrogen (secondary N) is 1. The van der Waals surface area contributed by atoms with Gasteiger partial charge >= 0.3 is 0 Å². The number of H-pyrrole nitrogens is 1. The summed E-state index contributed by atoms with van der Waals surface area (Å²) in [6.45, 7) is 0. The van der Waals surface area contributed by atoms with Crippen molar-refractivity contribution in [3.05, 3.63) is 48.5 Å². The molecule has 0 aliphatic heterocycles. The molecule has 0 amide bonds. The maximum atomic E-state index is 11.8. The zero-order valence-corrected chi connectivity index (χ0v) is 11.1. The second kappa shape index (κ2) is 5.70. The predicted octanol–water partition coefficient (Wildman–Crippen LogP) is 2.43. The summed E-state index contributed by atoms with van der Waals surface area (Å²) in [5, 5.41) is 8.22. The molecule has 6 nitrogen and oxygen atoms in total. The lowest BCUT2D eigenvalue weighted by Crippen LogP contribution is -2.02. The predicted molar refractivity (Wildman–Crippen MR) is 73.4 cm³/mol. The van der Waals surface area contributed by atoms with E-state index in [0.29, 0.717) is 16.8 Å². The van der Waals surface area contributed by atoms with E-state index in [0.717, 1.165) is 5.56 Å². The lowest BCUT2D eigenvalue weighted by atomic mass is 10.3. The molecule has 0 fully saturated rings. The van der Waals surface area contributed by atoms with E-state index in [1.165, 1.54) is 11.8 Å². The number of rotatable bonds is 5. The summed E-state index contributed by atoms with van der Waals surface area (Å²) in [5.74, 6) is 0.657. The number of aromatic amines is 1. The highest BCUT2D eigenvalue weighted by Gasteiger charge is 2.12. The van der Waals surface area contributed by atoms with Crippen LogP contribution >= 0.6 is 11.8 Å². The molecule has 0 bridgehead atoms. The molecule has 0 spiro atoms. The molecule has 3 aromatic heterocycles. The Hall–Kier alpha value is -2.41. The lowest BCUT2D eigenvalue weighted by molar-refractivity contribution is 0.101. The van der Waals surface area contributed by atoms with Gasteiger partial charge in [0.2, 0.25) is 5.89 Å². The van der Waals surface area contributed by atoms with Gasteiger partial charge in [0.15, 0.2) is 5.78 Å². The first-order valence-electron chi connectivity index (χ1n) is 5.86. The number of pyridine rings is 1. The van der Waals surface area contributed by atoms with Crippen LogP contribution in [0.25, 0.3) is 11.5 Å². The number of hydrogen-bond donors (Lipinski definition) is 1. The van der Waals surface area contributed by atoms with Gasteiger partial charge in [-0.1, -0.05) is 11.8 Å². The highest BCUT2D eigenvalue weighted by Crippen LogP contribution is 2.22. The number of hydrogen-bond acceptors (Lipinski definition) is 6. The van der Waals surface area contributed by atoms with E-state index in [1.807, 2.05) is 0 Å². The summed E-state index contributed by atoms with van der Waals surface area (Å²) < 4.78 is 5.49. The standard InChI is InChI=1S/C13H10N4O2S/c18-11(10-2-1-5-15-10)8-20-13-17-16-12(19-13)9-3-6-14-7-4-9/h1-7,15H,8H2. The van der Waals surface area contributed by atoms with Gasteiger partial charge in [0.1, 0.15) is 0 Å². The van der Waals surface area contributed by atoms with Crippen molar-refractivity contribution < 1.29 is 9.21 Å². The third-order valence-electron chi connectivity index (χ3n) is 2.56. The molecule has 1 N–H and O–H groups in total. The Morgan fingerprint density at radius 2 is 2.10 bits per heavy atom. The third-order valence-corrected chi connectivity index (χ3v) is 3.38. The summed E-state index contributed by atoms with van der Waals surface area (Å²) in [5.41, 5.74) is 1.38. The summed E-state index contributed by atoms with van der Waals surface area (Å²) in [6.07, 6.45) is 5.02. The topological polar surface area (TPSA) is 84.7 Å². The molecule has 20 heavy (non-hydrogen) atoms. The van der Waals surface area contributed by atoms with Crippen molar-refractivity contribution in [1.29, 1.82) is 0 Å². The fourth-order valence-corrected chi connectivity index (χ4v) is 2.23. The number of aromatic nitrogens is 4. The third kappa shape index (κ3) is 2.77. The van der Waals surface area contributed by atoms with Gasteiger partial charge in [-0.3, -0.25) is 9.78 Å².